The first-order chi connectivity index (χ1) is 11.1. The summed E-state index contributed by atoms with van der Waals surface area (Å²) in [5.41, 5.74) is 1.83. The average Bonchev–Trinajstić information content (AvgIpc) is 2.58. The minimum atomic E-state index is -0.402. The molecule has 0 saturated heterocycles. The third kappa shape index (κ3) is 3.10. The molecule has 2 aromatic carbocycles. The molecule has 0 radical (unpaired) electrons. The Morgan fingerprint density at radius 1 is 1.13 bits per heavy atom. The summed E-state index contributed by atoms with van der Waals surface area (Å²) in [6.07, 6.45) is 1.79. The maximum absolute atomic E-state index is 13.4. The first kappa shape index (κ1) is 15.6. The Balaban J connectivity index is 1.99. The van der Waals surface area contributed by atoms with E-state index in [0.29, 0.717) is 28.4 Å². The quantitative estimate of drug-likeness (QED) is 0.790. The number of ether oxygens (including phenoxy) is 2. The Kier molecular flexibility index (Phi) is 4.39. The summed E-state index contributed by atoms with van der Waals surface area (Å²) < 4.78 is 23.9. The molecule has 0 bridgehead atoms. The Morgan fingerprint density at radius 2 is 1.96 bits per heavy atom. The van der Waals surface area contributed by atoms with E-state index in [1.165, 1.54) is 23.9 Å². The highest BCUT2D eigenvalue weighted by Gasteiger charge is 2.23. The van der Waals surface area contributed by atoms with Crippen LogP contribution in [0.5, 0.6) is 11.5 Å². The monoisotopic (exact) mass is 330 g/mol. The third-order valence-electron chi connectivity index (χ3n) is 3.63. The first-order valence-corrected chi connectivity index (χ1v) is 8.00. The predicted octanol–water partition coefficient (Wildman–Crippen LogP) is 4.21. The minimum Gasteiger partial charge on any atom is -0.497 e. The van der Waals surface area contributed by atoms with Crippen molar-refractivity contribution < 1.29 is 18.7 Å². The second kappa shape index (κ2) is 6.46. The molecule has 0 amide bonds. The number of carbonyl (C=O) groups is 1. The van der Waals surface area contributed by atoms with Crippen molar-refractivity contribution in [1.82, 2.24) is 0 Å². The molecular formula is C18H15FO3S. The van der Waals surface area contributed by atoms with E-state index >= 15 is 0 Å². The number of thioether (sulfide) groups is 1. The number of methoxy groups -OCH3 is 2. The maximum Gasteiger partial charge on any atom is 0.191 e. The van der Waals surface area contributed by atoms with Crippen LogP contribution < -0.4 is 9.47 Å². The molecule has 1 aliphatic heterocycles. The van der Waals surface area contributed by atoms with Gasteiger partial charge in [-0.05, 0) is 36.4 Å². The number of benzene rings is 2. The summed E-state index contributed by atoms with van der Waals surface area (Å²) in [5.74, 6) is 1.31. The number of ketones is 1. The lowest BCUT2D eigenvalue weighted by Gasteiger charge is -2.17. The average molecular weight is 330 g/mol. The molecule has 2 aromatic rings. The summed E-state index contributed by atoms with van der Waals surface area (Å²) in [6, 6.07) is 9.73. The van der Waals surface area contributed by atoms with E-state index in [1.54, 1.807) is 32.4 Å². The van der Waals surface area contributed by atoms with E-state index in [2.05, 4.69) is 0 Å². The summed E-state index contributed by atoms with van der Waals surface area (Å²) in [5, 5.41) is 0. The number of rotatable bonds is 3. The van der Waals surface area contributed by atoms with Crippen molar-refractivity contribution in [2.24, 2.45) is 0 Å². The normalized spacial score (nSPS) is 15.4. The van der Waals surface area contributed by atoms with Gasteiger partial charge in [0.1, 0.15) is 17.3 Å². The van der Waals surface area contributed by atoms with Crippen molar-refractivity contribution in [3.63, 3.8) is 0 Å². The number of hydrogen-bond donors (Lipinski definition) is 0. The summed E-state index contributed by atoms with van der Waals surface area (Å²) in [6.45, 7) is 0. The molecular weight excluding hydrogens is 315 g/mol. The van der Waals surface area contributed by atoms with Crippen molar-refractivity contribution in [3.05, 3.63) is 58.9 Å². The molecule has 23 heavy (non-hydrogen) atoms. The number of carbonyl (C=O) groups excluding carboxylic acids is 1. The van der Waals surface area contributed by atoms with Crippen LogP contribution in [0.2, 0.25) is 0 Å². The van der Waals surface area contributed by atoms with E-state index in [4.69, 9.17) is 9.47 Å². The third-order valence-corrected chi connectivity index (χ3v) is 4.75. The molecule has 0 saturated carbocycles. The second-order valence-electron chi connectivity index (χ2n) is 5.04. The van der Waals surface area contributed by atoms with Crippen molar-refractivity contribution in [2.45, 2.75) is 4.90 Å². The van der Waals surface area contributed by atoms with Gasteiger partial charge in [-0.25, -0.2) is 4.39 Å². The predicted molar refractivity (Wildman–Crippen MR) is 89.0 cm³/mol. The largest absolute Gasteiger partial charge is 0.497 e. The topological polar surface area (TPSA) is 35.5 Å². The van der Waals surface area contributed by atoms with Crippen LogP contribution in [0, 0.1) is 5.82 Å². The summed E-state index contributed by atoms with van der Waals surface area (Å²) >= 11 is 1.53. The fourth-order valence-electron chi connectivity index (χ4n) is 2.43. The molecule has 0 aromatic heterocycles. The molecule has 0 atom stereocenters. The molecule has 0 N–H and O–H groups in total. The molecule has 3 nitrogen and oxygen atoms in total. The van der Waals surface area contributed by atoms with Gasteiger partial charge in [0.15, 0.2) is 5.78 Å². The zero-order valence-corrected chi connectivity index (χ0v) is 13.6. The van der Waals surface area contributed by atoms with Crippen LogP contribution in [0.15, 0.2) is 46.9 Å². The maximum atomic E-state index is 13.4. The van der Waals surface area contributed by atoms with Gasteiger partial charge in [0.2, 0.25) is 0 Å². The van der Waals surface area contributed by atoms with Crippen LogP contribution in [0.3, 0.4) is 0 Å². The molecule has 0 aliphatic carbocycles. The standard InChI is InChI=1S/C18H15FO3S/c1-21-14-5-3-11(16(9-14)22-2)7-12-10-23-17-6-4-13(19)8-15(17)18(12)20/h3-9H,10H2,1-2H3/b12-7+. The van der Waals surface area contributed by atoms with Crippen LogP contribution in [0.25, 0.3) is 6.08 Å². The Labute approximate surface area is 138 Å². The first-order valence-electron chi connectivity index (χ1n) is 7.02. The van der Waals surface area contributed by atoms with Gasteiger partial charge in [0.05, 0.1) is 14.2 Å². The van der Waals surface area contributed by atoms with Crippen molar-refractivity contribution in [1.29, 1.82) is 0 Å². The lowest BCUT2D eigenvalue weighted by atomic mass is 10.0. The fraction of sp³-hybridized carbons (Fsp3) is 0.167. The van der Waals surface area contributed by atoms with Crippen LogP contribution >= 0.6 is 11.8 Å². The number of halogens is 1. The van der Waals surface area contributed by atoms with E-state index in [1.807, 2.05) is 12.1 Å². The Hall–Kier alpha value is -2.27. The van der Waals surface area contributed by atoms with Gasteiger partial charge in [-0.3, -0.25) is 4.79 Å². The lowest BCUT2D eigenvalue weighted by molar-refractivity contribution is 0.103. The van der Waals surface area contributed by atoms with E-state index in [9.17, 15) is 9.18 Å². The highest BCUT2D eigenvalue weighted by atomic mass is 32.2. The highest BCUT2D eigenvalue weighted by Crippen LogP contribution is 2.35. The van der Waals surface area contributed by atoms with Crippen LogP contribution in [-0.4, -0.2) is 25.8 Å². The minimum absolute atomic E-state index is 0.142. The van der Waals surface area contributed by atoms with Crippen LogP contribution in [-0.2, 0) is 0 Å². The van der Waals surface area contributed by atoms with Crippen molar-refractivity contribution in [2.75, 3.05) is 20.0 Å². The van der Waals surface area contributed by atoms with Crippen LogP contribution in [0.1, 0.15) is 15.9 Å². The molecule has 0 spiro atoms. The molecule has 1 aliphatic rings. The fourth-order valence-corrected chi connectivity index (χ4v) is 3.43. The van der Waals surface area contributed by atoms with Gasteiger partial charge < -0.3 is 9.47 Å². The van der Waals surface area contributed by atoms with Crippen LogP contribution in [0.4, 0.5) is 4.39 Å². The lowest BCUT2D eigenvalue weighted by Crippen LogP contribution is -2.12. The molecule has 1 heterocycles. The van der Waals surface area contributed by atoms with Gasteiger partial charge in [-0.2, -0.15) is 0 Å². The zero-order valence-electron chi connectivity index (χ0n) is 12.8. The van der Waals surface area contributed by atoms with E-state index < -0.39 is 5.82 Å². The van der Waals surface area contributed by atoms with Gasteiger partial charge in [0.25, 0.3) is 0 Å². The Bertz CT molecular complexity index is 799. The van der Waals surface area contributed by atoms with Gasteiger partial charge in [-0.1, -0.05) is 0 Å². The molecule has 0 fully saturated rings. The van der Waals surface area contributed by atoms with Gasteiger partial charge in [-0.15, -0.1) is 11.8 Å². The molecule has 5 heteroatoms. The van der Waals surface area contributed by atoms with E-state index in [-0.39, 0.29) is 5.78 Å². The molecule has 3 rings (SSSR count). The molecule has 118 valence electrons. The smallest absolute Gasteiger partial charge is 0.191 e. The Morgan fingerprint density at radius 3 is 2.70 bits per heavy atom. The van der Waals surface area contributed by atoms with Gasteiger partial charge >= 0.3 is 0 Å². The zero-order chi connectivity index (χ0) is 16.4. The highest BCUT2D eigenvalue weighted by molar-refractivity contribution is 7.99. The number of fused-ring (bicyclic) bond motifs is 1. The summed E-state index contributed by atoms with van der Waals surface area (Å²) in [7, 11) is 3.15. The van der Waals surface area contributed by atoms with Crippen molar-refractivity contribution in [3.8, 4) is 11.5 Å². The summed E-state index contributed by atoms with van der Waals surface area (Å²) in [4.78, 5) is 13.4. The second-order valence-corrected chi connectivity index (χ2v) is 6.05. The number of hydrogen-bond acceptors (Lipinski definition) is 4. The molecule has 0 unspecified atom stereocenters. The van der Waals surface area contributed by atoms with E-state index in [0.717, 1.165) is 10.5 Å². The SMILES string of the molecule is COc1ccc(/C=C2\CSc3ccc(F)cc3C2=O)c(OC)c1. The number of Topliss-reactive ketones (excluding diaryl/α,β-unsaturated/α-hetero) is 1. The van der Waals surface area contributed by atoms with Gasteiger partial charge in [0, 0.05) is 33.4 Å². The van der Waals surface area contributed by atoms with Crippen molar-refractivity contribution >= 4 is 23.6 Å².